The highest BCUT2D eigenvalue weighted by atomic mass is 35.5. The summed E-state index contributed by atoms with van der Waals surface area (Å²) < 4.78 is 29.1. The second-order valence-electron chi connectivity index (χ2n) is 7.40. The molecular weight excluding hydrogens is 446 g/mol. The van der Waals surface area contributed by atoms with Crippen LogP contribution in [0, 0.1) is 0 Å². The highest BCUT2D eigenvalue weighted by molar-refractivity contribution is 7.90. The van der Waals surface area contributed by atoms with Crippen LogP contribution in [0.15, 0.2) is 47.8 Å². The van der Waals surface area contributed by atoms with Gasteiger partial charge in [-0.15, -0.1) is 11.3 Å². The second kappa shape index (κ2) is 6.84. The molecule has 0 unspecified atom stereocenters. The van der Waals surface area contributed by atoms with Crippen molar-refractivity contribution in [3.8, 4) is 10.6 Å². The minimum absolute atomic E-state index is 0.0758. The van der Waals surface area contributed by atoms with Crippen LogP contribution in [0.4, 0.5) is 0 Å². The molecule has 0 aliphatic carbocycles. The van der Waals surface area contributed by atoms with Gasteiger partial charge in [-0.25, -0.2) is 18.4 Å². The Hall–Kier alpha value is -2.33. The Kier molecular flexibility index (Phi) is 4.48. The van der Waals surface area contributed by atoms with Crippen LogP contribution in [0.2, 0.25) is 5.02 Å². The quantitative estimate of drug-likeness (QED) is 0.554. The molecule has 5 rings (SSSR count). The average Bonchev–Trinajstić information content (AvgIpc) is 3.19. The molecule has 0 radical (unpaired) electrons. The molecule has 0 saturated carbocycles. The van der Waals surface area contributed by atoms with Crippen LogP contribution in [0.25, 0.3) is 10.6 Å². The summed E-state index contributed by atoms with van der Waals surface area (Å²) in [5.41, 5.74) is 1.53. The Balaban J connectivity index is 1.53. The normalized spacial score (nSPS) is 17.3. The van der Waals surface area contributed by atoms with Crippen molar-refractivity contribution in [1.29, 1.82) is 0 Å². The molecular formula is C20H16ClN3O4S2. The fourth-order valence-electron chi connectivity index (χ4n) is 3.76. The van der Waals surface area contributed by atoms with Gasteiger partial charge in [0.05, 0.1) is 29.3 Å². The summed E-state index contributed by atoms with van der Waals surface area (Å²) in [6, 6.07) is 10.9. The third kappa shape index (κ3) is 3.04. The first-order valence-corrected chi connectivity index (χ1v) is 12.2. The number of ether oxygens (including phenoxy) is 1. The molecule has 154 valence electrons. The molecule has 4 heterocycles. The molecule has 1 saturated heterocycles. The smallest absolute Gasteiger partial charge is 0.256 e. The highest BCUT2D eigenvalue weighted by Crippen LogP contribution is 2.50. The van der Waals surface area contributed by atoms with Crippen molar-refractivity contribution in [2.24, 2.45) is 0 Å². The van der Waals surface area contributed by atoms with E-state index in [1.807, 2.05) is 23.1 Å². The molecule has 7 nitrogen and oxygen atoms in total. The predicted octanol–water partition coefficient (Wildman–Crippen LogP) is 3.14. The number of halogens is 1. The van der Waals surface area contributed by atoms with Crippen LogP contribution in [0.3, 0.4) is 0 Å². The van der Waals surface area contributed by atoms with E-state index in [1.54, 1.807) is 18.2 Å². The van der Waals surface area contributed by atoms with Gasteiger partial charge in [0.2, 0.25) is 15.0 Å². The molecule has 2 aliphatic heterocycles. The summed E-state index contributed by atoms with van der Waals surface area (Å²) in [5.74, 6) is -0.0758. The molecule has 0 N–H and O–H groups in total. The molecule has 3 aromatic rings. The Morgan fingerprint density at radius 1 is 1.27 bits per heavy atom. The first kappa shape index (κ1) is 19.6. The molecule has 30 heavy (non-hydrogen) atoms. The number of aromatic nitrogens is 2. The Bertz CT molecular complexity index is 1280. The van der Waals surface area contributed by atoms with E-state index in [9.17, 15) is 13.2 Å². The first-order chi connectivity index (χ1) is 14.3. The SMILES string of the molecule is CS(=O)(=O)c1nccc(-c2cc3c(s2)C2(COC2)N(Cc2cccc(Cl)c2)C3=O)n1. The number of fused-ring (bicyclic) bond motifs is 2. The zero-order chi connectivity index (χ0) is 21.1. The molecule has 2 aliphatic rings. The monoisotopic (exact) mass is 461 g/mol. The number of hydrogen-bond acceptors (Lipinski definition) is 7. The maximum absolute atomic E-state index is 13.3. The van der Waals surface area contributed by atoms with Gasteiger partial charge in [0.1, 0.15) is 5.54 Å². The Morgan fingerprint density at radius 3 is 2.73 bits per heavy atom. The second-order valence-corrected chi connectivity index (χ2v) is 10.8. The topological polar surface area (TPSA) is 89.5 Å². The van der Waals surface area contributed by atoms with Gasteiger partial charge in [-0.05, 0) is 29.8 Å². The van der Waals surface area contributed by atoms with Gasteiger partial charge >= 0.3 is 0 Å². The van der Waals surface area contributed by atoms with Crippen LogP contribution in [0.5, 0.6) is 0 Å². The van der Waals surface area contributed by atoms with Crippen molar-refractivity contribution in [2.75, 3.05) is 19.5 Å². The Labute approximate surface area is 182 Å². The number of hydrogen-bond donors (Lipinski definition) is 0. The van der Waals surface area contributed by atoms with Crippen LogP contribution < -0.4 is 0 Å². The summed E-state index contributed by atoms with van der Waals surface area (Å²) >= 11 is 7.55. The molecule has 10 heteroatoms. The predicted molar refractivity (Wildman–Crippen MR) is 112 cm³/mol. The van der Waals surface area contributed by atoms with Crippen molar-refractivity contribution in [3.63, 3.8) is 0 Å². The van der Waals surface area contributed by atoms with E-state index in [0.29, 0.717) is 36.0 Å². The van der Waals surface area contributed by atoms with Crippen molar-refractivity contribution >= 4 is 38.7 Å². The van der Waals surface area contributed by atoms with E-state index >= 15 is 0 Å². The summed E-state index contributed by atoms with van der Waals surface area (Å²) in [7, 11) is -3.53. The number of nitrogens with zero attached hydrogens (tertiary/aromatic N) is 3. The van der Waals surface area contributed by atoms with Crippen LogP contribution in [-0.2, 0) is 26.7 Å². The molecule has 1 fully saturated rings. The number of amides is 1. The van der Waals surface area contributed by atoms with Crippen molar-refractivity contribution < 1.29 is 17.9 Å². The van der Waals surface area contributed by atoms with E-state index in [1.165, 1.54) is 17.5 Å². The number of rotatable bonds is 4. The van der Waals surface area contributed by atoms with Crippen LogP contribution >= 0.6 is 22.9 Å². The molecule has 2 aromatic heterocycles. The fraction of sp³-hybridized carbons (Fsp3) is 0.250. The molecule has 1 aromatic carbocycles. The minimum Gasteiger partial charge on any atom is -0.376 e. The van der Waals surface area contributed by atoms with E-state index in [2.05, 4.69) is 9.97 Å². The summed E-state index contributed by atoms with van der Waals surface area (Å²) in [6.07, 6.45) is 2.48. The lowest BCUT2D eigenvalue weighted by molar-refractivity contribution is -0.126. The number of sulfone groups is 1. The van der Waals surface area contributed by atoms with Gasteiger partial charge in [0, 0.05) is 28.9 Å². The number of carbonyl (C=O) groups is 1. The maximum Gasteiger partial charge on any atom is 0.256 e. The third-order valence-corrected chi connectivity index (χ3v) is 7.72. The molecule has 0 atom stereocenters. The Morgan fingerprint density at radius 2 is 2.07 bits per heavy atom. The number of carbonyl (C=O) groups excluding carboxylic acids is 1. The summed E-state index contributed by atoms with van der Waals surface area (Å²) in [6.45, 7) is 1.28. The lowest BCUT2D eigenvalue weighted by Gasteiger charge is -2.45. The summed E-state index contributed by atoms with van der Waals surface area (Å²) in [5, 5.41) is 0.393. The zero-order valence-corrected chi connectivity index (χ0v) is 18.2. The summed E-state index contributed by atoms with van der Waals surface area (Å²) in [4.78, 5) is 24.8. The lowest BCUT2D eigenvalue weighted by atomic mass is 9.95. The molecule has 0 bridgehead atoms. The largest absolute Gasteiger partial charge is 0.376 e. The van der Waals surface area contributed by atoms with Gasteiger partial charge in [-0.3, -0.25) is 4.79 Å². The highest BCUT2D eigenvalue weighted by Gasteiger charge is 2.56. The van der Waals surface area contributed by atoms with Crippen LogP contribution in [0.1, 0.15) is 20.8 Å². The van der Waals surface area contributed by atoms with Gasteiger partial charge in [-0.1, -0.05) is 23.7 Å². The van der Waals surface area contributed by atoms with E-state index in [-0.39, 0.29) is 11.1 Å². The van der Waals surface area contributed by atoms with Crippen molar-refractivity contribution in [1.82, 2.24) is 14.9 Å². The average molecular weight is 462 g/mol. The van der Waals surface area contributed by atoms with Crippen molar-refractivity contribution in [2.45, 2.75) is 17.2 Å². The molecule has 1 amide bonds. The number of benzene rings is 1. The van der Waals surface area contributed by atoms with Gasteiger partial charge < -0.3 is 9.64 Å². The van der Waals surface area contributed by atoms with E-state index in [4.69, 9.17) is 16.3 Å². The third-order valence-electron chi connectivity index (χ3n) is 5.28. The van der Waals surface area contributed by atoms with E-state index in [0.717, 1.165) is 21.6 Å². The van der Waals surface area contributed by atoms with Crippen molar-refractivity contribution in [3.05, 3.63) is 63.6 Å². The molecule has 1 spiro atoms. The van der Waals surface area contributed by atoms with Gasteiger partial charge in [0.25, 0.3) is 5.91 Å². The van der Waals surface area contributed by atoms with Crippen LogP contribution in [-0.4, -0.2) is 48.7 Å². The maximum atomic E-state index is 13.3. The fourth-order valence-corrected chi connectivity index (χ4v) is 5.78. The lowest BCUT2D eigenvalue weighted by Crippen LogP contribution is -2.56. The first-order valence-electron chi connectivity index (χ1n) is 9.10. The van der Waals surface area contributed by atoms with Gasteiger partial charge in [0.15, 0.2) is 0 Å². The minimum atomic E-state index is -3.53. The zero-order valence-electron chi connectivity index (χ0n) is 15.8. The number of thiophene rings is 1. The van der Waals surface area contributed by atoms with Gasteiger partial charge in [-0.2, -0.15) is 0 Å². The van der Waals surface area contributed by atoms with E-state index < -0.39 is 15.4 Å². The standard InChI is InChI=1S/C20H16ClN3O4S2/c1-30(26,27)19-22-6-5-15(23-19)16-8-14-17(29-16)20(10-28-11-20)24(18(14)25)9-12-3-2-4-13(21)7-12/h2-8H,9-11H2,1H3.